The zero-order valence-corrected chi connectivity index (χ0v) is 40.8. The van der Waals surface area contributed by atoms with Crippen molar-refractivity contribution in [3.05, 3.63) is 97.2 Å². The molecule has 0 unspecified atom stereocenters. The van der Waals surface area contributed by atoms with E-state index < -0.39 is 6.10 Å². The number of carbonyl (C=O) groups is 3. The van der Waals surface area contributed by atoms with Gasteiger partial charge in [-0.1, -0.05) is 195 Å². The van der Waals surface area contributed by atoms with Gasteiger partial charge >= 0.3 is 17.9 Å². The summed E-state index contributed by atoms with van der Waals surface area (Å²) in [6.07, 6.45) is 66.8. The van der Waals surface area contributed by atoms with Crippen LogP contribution < -0.4 is 0 Å². The summed E-state index contributed by atoms with van der Waals surface area (Å²) in [6.45, 7) is 6.39. The zero-order valence-electron chi connectivity index (χ0n) is 40.8. The number of allylic oxidation sites excluding steroid dienone is 16. The van der Waals surface area contributed by atoms with Crippen LogP contribution in [-0.2, 0) is 28.6 Å². The van der Waals surface area contributed by atoms with E-state index in [9.17, 15) is 14.4 Å². The maximum absolute atomic E-state index is 12.8. The number of hydrogen-bond acceptors (Lipinski definition) is 6. The van der Waals surface area contributed by atoms with Crippen molar-refractivity contribution in [2.45, 2.75) is 232 Å². The van der Waals surface area contributed by atoms with E-state index in [2.05, 4.69) is 118 Å². The Kier molecular flexibility index (Phi) is 48.0. The molecule has 0 heterocycles. The number of unbranched alkanes of at least 4 members (excludes halogenated alkanes) is 18. The van der Waals surface area contributed by atoms with E-state index in [1.54, 1.807) is 0 Å². The number of ether oxygens (including phenoxy) is 3. The minimum Gasteiger partial charge on any atom is -0.462 e. The third-order valence-electron chi connectivity index (χ3n) is 10.5. The summed E-state index contributed by atoms with van der Waals surface area (Å²) in [5.41, 5.74) is 0. The standard InChI is InChI=1S/C57H94O6/c1-4-7-10-13-16-19-22-24-26-28-30-32-35-38-41-44-47-50-56(59)62-53-54(52-61-55(58)49-46-43-40-37-34-21-18-15-12-9-6-3)63-57(60)51-48-45-42-39-36-33-31-29-27-25-23-20-17-14-11-8-5-2/h7,10,15-20,24-27,30,32,38,41,54H,4-6,8-9,11-14,21-23,28-29,31,33-37,39-40,42-53H2,1-3H3/b10-7-,18-15-,19-16-,20-17-,26-24-,27-25-,32-30-,41-38-/t54-/m0/s1. The molecule has 6 nitrogen and oxygen atoms in total. The van der Waals surface area contributed by atoms with Gasteiger partial charge in [0.25, 0.3) is 0 Å². The van der Waals surface area contributed by atoms with Crippen molar-refractivity contribution < 1.29 is 28.6 Å². The highest BCUT2D eigenvalue weighted by molar-refractivity contribution is 5.71. The van der Waals surface area contributed by atoms with Crippen LogP contribution in [0.5, 0.6) is 0 Å². The summed E-state index contributed by atoms with van der Waals surface area (Å²) >= 11 is 0. The van der Waals surface area contributed by atoms with Gasteiger partial charge in [-0.05, 0) is 109 Å². The first-order valence-electron chi connectivity index (χ1n) is 25.7. The van der Waals surface area contributed by atoms with Crippen molar-refractivity contribution in [3.63, 3.8) is 0 Å². The van der Waals surface area contributed by atoms with Gasteiger partial charge in [-0.25, -0.2) is 0 Å². The van der Waals surface area contributed by atoms with Crippen molar-refractivity contribution >= 4 is 17.9 Å². The normalized spacial score (nSPS) is 12.9. The molecule has 0 radical (unpaired) electrons. The summed E-state index contributed by atoms with van der Waals surface area (Å²) < 4.78 is 16.7. The van der Waals surface area contributed by atoms with Crippen molar-refractivity contribution in [2.75, 3.05) is 13.2 Å². The van der Waals surface area contributed by atoms with Crippen LogP contribution in [0.3, 0.4) is 0 Å². The van der Waals surface area contributed by atoms with Crippen LogP contribution in [0.2, 0.25) is 0 Å². The molecule has 1 atom stereocenters. The van der Waals surface area contributed by atoms with Gasteiger partial charge in [-0.3, -0.25) is 14.4 Å². The highest BCUT2D eigenvalue weighted by Gasteiger charge is 2.19. The van der Waals surface area contributed by atoms with E-state index >= 15 is 0 Å². The summed E-state index contributed by atoms with van der Waals surface area (Å²) in [5, 5.41) is 0. The Labute approximate surface area is 387 Å². The second-order valence-corrected chi connectivity index (χ2v) is 16.7. The first kappa shape index (κ1) is 59.3. The SMILES string of the molecule is CC/C=C\C/C=C\C/C=C\C/C=C\C/C=C\CCCC(=O)OC[C@H](COC(=O)CCCCCCC/C=C\CCCC)OC(=O)CCCCCCCCC/C=C\C/C=C\CCCCC. The molecule has 0 amide bonds. The van der Waals surface area contributed by atoms with Crippen molar-refractivity contribution in [1.29, 1.82) is 0 Å². The molecular formula is C57H94O6. The van der Waals surface area contributed by atoms with Crippen LogP contribution in [-0.4, -0.2) is 37.2 Å². The Morgan fingerprint density at radius 3 is 1.10 bits per heavy atom. The Morgan fingerprint density at radius 2 is 0.651 bits per heavy atom. The van der Waals surface area contributed by atoms with Crippen molar-refractivity contribution in [1.82, 2.24) is 0 Å². The fraction of sp³-hybridized carbons (Fsp3) is 0.667. The van der Waals surface area contributed by atoms with E-state index in [1.807, 2.05) is 0 Å². The Balaban J connectivity index is 4.49. The molecule has 0 bridgehead atoms. The van der Waals surface area contributed by atoms with Crippen LogP contribution in [0.1, 0.15) is 226 Å². The van der Waals surface area contributed by atoms with Crippen molar-refractivity contribution in [3.8, 4) is 0 Å². The van der Waals surface area contributed by atoms with E-state index in [-0.39, 0.29) is 37.5 Å². The molecule has 0 saturated carbocycles. The Morgan fingerprint density at radius 1 is 0.333 bits per heavy atom. The predicted octanol–water partition coefficient (Wildman–Crippen LogP) is 17.0. The predicted molar refractivity (Wildman–Crippen MR) is 270 cm³/mol. The molecule has 0 aromatic rings. The lowest BCUT2D eigenvalue weighted by Gasteiger charge is -2.18. The van der Waals surface area contributed by atoms with Crippen molar-refractivity contribution in [2.24, 2.45) is 0 Å². The first-order chi connectivity index (χ1) is 31.0. The molecule has 0 aromatic heterocycles. The molecule has 358 valence electrons. The van der Waals surface area contributed by atoms with E-state index in [0.717, 1.165) is 103 Å². The molecule has 63 heavy (non-hydrogen) atoms. The fourth-order valence-corrected chi connectivity index (χ4v) is 6.66. The molecule has 6 heteroatoms. The van der Waals surface area contributed by atoms with Crippen LogP contribution in [0.4, 0.5) is 0 Å². The number of rotatable bonds is 45. The lowest BCUT2D eigenvalue weighted by molar-refractivity contribution is -0.167. The summed E-state index contributed by atoms with van der Waals surface area (Å²) in [6, 6.07) is 0. The molecule has 0 aromatic carbocycles. The molecule has 0 spiro atoms. The van der Waals surface area contributed by atoms with Gasteiger partial charge in [0.2, 0.25) is 0 Å². The van der Waals surface area contributed by atoms with Gasteiger partial charge < -0.3 is 14.2 Å². The number of carbonyl (C=O) groups excluding carboxylic acids is 3. The third-order valence-corrected chi connectivity index (χ3v) is 10.5. The maximum atomic E-state index is 12.8. The maximum Gasteiger partial charge on any atom is 0.306 e. The monoisotopic (exact) mass is 875 g/mol. The van der Waals surface area contributed by atoms with Gasteiger partial charge in [0.05, 0.1) is 0 Å². The lowest BCUT2D eigenvalue weighted by atomic mass is 10.1. The molecule has 0 saturated heterocycles. The molecule has 0 rings (SSSR count). The van der Waals surface area contributed by atoms with E-state index in [1.165, 1.54) is 77.0 Å². The topological polar surface area (TPSA) is 78.9 Å². The average Bonchev–Trinajstić information content (AvgIpc) is 3.28. The molecule has 0 N–H and O–H groups in total. The number of hydrogen-bond donors (Lipinski definition) is 0. The molecule has 0 aliphatic heterocycles. The third kappa shape index (κ3) is 49.2. The van der Waals surface area contributed by atoms with Crippen LogP contribution in [0.15, 0.2) is 97.2 Å². The molecular weight excluding hydrogens is 781 g/mol. The van der Waals surface area contributed by atoms with E-state index in [0.29, 0.717) is 19.3 Å². The van der Waals surface area contributed by atoms with Gasteiger partial charge in [0.1, 0.15) is 13.2 Å². The van der Waals surface area contributed by atoms with Gasteiger partial charge in [-0.2, -0.15) is 0 Å². The van der Waals surface area contributed by atoms with Gasteiger partial charge in [0, 0.05) is 19.3 Å². The van der Waals surface area contributed by atoms with Gasteiger partial charge in [-0.15, -0.1) is 0 Å². The first-order valence-corrected chi connectivity index (χ1v) is 25.7. The molecule has 0 fully saturated rings. The van der Waals surface area contributed by atoms with Crippen LogP contribution >= 0.6 is 0 Å². The Hall–Kier alpha value is -3.67. The highest BCUT2D eigenvalue weighted by atomic mass is 16.6. The van der Waals surface area contributed by atoms with Gasteiger partial charge in [0.15, 0.2) is 6.10 Å². The summed E-state index contributed by atoms with van der Waals surface area (Å²) in [7, 11) is 0. The minimum absolute atomic E-state index is 0.104. The Bertz CT molecular complexity index is 1280. The lowest BCUT2D eigenvalue weighted by Crippen LogP contribution is -2.30. The zero-order chi connectivity index (χ0) is 45.8. The number of esters is 3. The quantitative estimate of drug-likeness (QED) is 0.0262. The molecule has 0 aliphatic rings. The minimum atomic E-state index is -0.808. The fourth-order valence-electron chi connectivity index (χ4n) is 6.66. The second-order valence-electron chi connectivity index (χ2n) is 16.7. The van der Waals surface area contributed by atoms with Crippen LogP contribution in [0, 0.1) is 0 Å². The van der Waals surface area contributed by atoms with E-state index in [4.69, 9.17) is 14.2 Å². The average molecular weight is 875 g/mol. The second kappa shape index (κ2) is 51.0. The highest BCUT2D eigenvalue weighted by Crippen LogP contribution is 2.13. The largest absolute Gasteiger partial charge is 0.462 e. The smallest absolute Gasteiger partial charge is 0.306 e. The van der Waals surface area contributed by atoms with Crippen LogP contribution in [0.25, 0.3) is 0 Å². The summed E-state index contributed by atoms with van der Waals surface area (Å²) in [5.74, 6) is -0.986. The molecule has 0 aliphatic carbocycles. The summed E-state index contributed by atoms with van der Waals surface area (Å²) in [4.78, 5) is 37.9.